The second kappa shape index (κ2) is 24.3. The maximum atomic E-state index is 13.6. The van der Waals surface area contributed by atoms with Crippen LogP contribution in [0.1, 0.15) is 23.5 Å². The fraction of sp³-hybridized carbons (Fsp3) is 0.474. The minimum absolute atomic E-state index is 0.00664. The molecule has 0 fully saturated rings. The first-order valence-corrected chi connectivity index (χ1v) is 17.6. The highest BCUT2D eigenvalue weighted by molar-refractivity contribution is 5.79. The molecular formula is C38H44F5NO11. The van der Waals surface area contributed by atoms with E-state index in [1.54, 1.807) is 0 Å². The molecule has 0 atom stereocenters. The molecule has 0 aromatic heterocycles. The van der Waals surface area contributed by atoms with Crippen molar-refractivity contribution < 1.29 is 74.2 Å². The van der Waals surface area contributed by atoms with Crippen LogP contribution in [0.5, 0.6) is 5.75 Å². The Morgan fingerprint density at radius 3 is 1.35 bits per heavy atom. The Morgan fingerprint density at radius 1 is 0.509 bits per heavy atom. The largest absolute Gasteiger partial charge is 0.449 e. The van der Waals surface area contributed by atoms with E-state index in [-0.39, 0.29) is 39.0 Å². The van der Waals surface area contributed by atoms with Crippen molar-refractivity contribution in [2.75, 3.05) is 106 Å². The number of hydrogen-bond acceptors (Lipinski definition) is 11. The Kier molecular flexibility index (Phi) is 19.2. The summed E-state index contributed by atoms with van der Waals surface area (Å²) in [4.78, 5) is 23.9. The van der Waals surface area contributed by atoms with Gasteiger partial charge in [-0.3, -0.25) is 4.79 Å². The van der Waals surface area contributed by atoms with Crippen molar-refractivity contribution in [2.24, 2.45) is 0 Å². The summed E-state index contributed by atoms with van der Waals surface area (Å²) in [5.74, 6) is -14.2. The molecule has 0 aliphatic heterocycles. The van der Waals surface area contributed by atoms with Gasteiger partial charge in [0.2, 0.25) is 34.8 Å². The number of hydrogen-bond donors (Lipinski definition) is 1. The molecule has 0 unspecified atom stereocenters. The second-order valence-electron chi connectivity index (χ2n) is 11.7. The molecular weight excluding hydrogens is 741 g/mol. The van der Waals surface area contributed by atoms with Gasteiger partial charge >= 0.3 is 12.1 Å². The van der Waals surface area contributed by atoms with Gasteiger partial charge in [0.05, 0.1) is 98.9 Å². The number of esters is 1. The first-order valence-electron chi connectivity index (χ1n) is 17.6. The SMILES string of the molecule is O=C(CCOCCOCCOCCOCCOCCOCCOCCNC(=O)OCC1c2ccccc2-c2ccccc21)Oc1c(F)c(F)c(F)c(F)c1F. The van der Waals surface area contributed by atoms with E-state index < -0.39 is 53.3 Å². The normalized spacial score (nSPS) is 12.1. The van der Waals surface area contributed by atoms with Crippen LogP contribution in [0, 0.1) is 29.1 Å². The Labute approximate surface area is 315 Å². The number of alkyl carbamates (subject to hydrolysis) is 1. The lowest BCUT2D eigenvalue weighted by Crippen LogP contribution is -2.29. The highest BCUT2D eigenvalue weighted by Crippen LogP contribution is 2.44. The van der Waals surface area contributed by atoms with Crippen molar-refractivity contribution >= 4 is 12.1 Å². The van der Waals surface area contributed by atoms with Crippen LogP contribution in [0.3, 0.4) is 0 Å². The van der Waals surface area contributed by atoms with Gasteiger partial charge in [0.1, 0.15) is 6.61 Å². The van der Waals surface area contributed by atoms with Gasteiger partial charge in [-0.05, 0) is 22.3 Å². The number of carbonyl (C=O) groups excluding carboxylic acids is 2. The number of fused-ring (bicyclic) bond motifs is 3. The maximum Gasteiger partial charge on any atom is 0.407 e. The molecule has 1 amide bonds. The average molecular weight is 786 g/mol. The summed E-state index contributed by atoms with van der Waals surface area (Å²) in [7, 11) is 0. The molecule has 55 heavy (non-hydrogen) atoms. The number of halogens is 5. The van der Waals surface area contributed by atoms with E-state index in [1.807, 2.05) is 24.3 Å². The molecule has 12 nitrogen and oxygen atoms in total. The van der Waals surface area contributed by atoms with Gasteiger partial charge in [-0.2, -0.15) is 8.78 Å². The Balaban J connectivity index is 0.846. The first-order chi connectivity index (χ1) is 26.8. The lowest BCUT2D eigenvalue weighted by molar-refractivity contribution is -0.136. The standard InChI is InChI=1S/C38H44F5NO11/c39-32-33(40)35(42)37(36(43)34(32)41)55-31(45)9-11-47-13-15-49-17-19-51-21-23-53-24-22-52-20-18-50-16-14-48-12-10-44-38(46)54-25-30-28-7-3-1-5-26(28)27-6-2-4-8-29(27)30/h1-8,30H,9-25H2,(H,44,46). The van der Waals surface area contributed by atoms with Gasteiger partial charge in [-0.15, -0.1) is 0 Å². The predicted octanol–water partition coefficient (Wildman–Crippen LogP) is 5.33. The number of amides is 1. The van der Waals surface area contributed by atoms with Crippen molar-refractivity contribution in [3.63, 3.8) is 0 Å². The summed E-state index contributed by atoms with van der Waals surface area (Å²) < 4.78 is 114. The smallest absolute Gasteiger partial charge is 0.407 e. The zero-order chi connectivity index (χ0) is 39.3. The topological polar surface area (TPSA) is 129 Å². The fourth-order valence-corrected chi connectivity index (χ4v) is 5.29. The molecule has 0 saturated carbocycles. The predicted molar refractivity (Wildman–Crippen MR) is 185 cm³/mol. The van der Waals surface area contributed by atoms with E-state index in [0.29, 0.717) is 72.6 Å². The third-order valence-corrected chi connectivity index (χ3v) is 7.93. The summed E-state index contributed by atoms with van der Waals surface area (Å²) in [5.41, 5.74) is 4.67. The summed E-state index contributed by atoms with van der Waals surface area (Å²) >= 11 is 0. The monoisotopic (exact) mass is 785 g/mol. The van der Waals surface area contributed by atoms with Crippen molar-refractivity contribution in [2.45, 2.75) is 12.3 Å². The van der Waals surface area contributed by atoms with E-state index in [4.69, 9.17) is 37.9 Å². The van der Waals surface area contributed by atoms with Gasteiger partial charge in [0, 0.05) is 12.5 Å². The van der Waals surface area contributed by atoms with E-state index >= 15 is 0 Å². The molecule has 1 N–H and O–H groups in total. The molecule has 0 heterocycles. The molecule has 0 spiro atoms. The zero-order valence-electron chi connectivity index (χ0n) is 30.1. The maximum absolute atomic E-state index is 13.6. The number of carbonyl (C=O) groups is 2. The van der Waals surface area contributed by atoms with Gasteiger partial charge < -0.3 is 47.9 Å². The van der Waals surface area contributed by atoms with Crippen LogP contribution < -0.4 is 10.1 Å². The first kappa shape index (κ1) is 43.5. The lowest BCUT2D eigenvalue weighted by Gasteiger charge is -2.14. The number of rotatable bonds is 27. The van der Waals surface area contributed by atoms with E-state index in [9.17, 15) is 31.5 Å². The van der Waals surface area contributed by atoms with Crippen LogP contribution in [0.25, 0.3) is 11.1 Å². The van der Waals surface area contributed by atoms with Crippen LogP contribution in [0.2, 0.25) is 0 Å². The van der Waals surface area contributed by atoms with Crippen LogP contribution in [-0.4, -0.2) is 118 Å². The Bertz CT molecular complexity index is 1580. The highest BCUT2D eigenvalue weighted by atomic mass is 19.2. The van der Waals surface area contributed by atoms with Crippen molar-refractivity contribution in [1.29, 1.82) is 0 Å². The highest BCUT2D eigenvalue weighted by Gasteiger charge is 2.30. The molecule has 1 aliphatic rings. The molecule has 1 aliphatic carbocycles. The minimum Gasteiger partial charge on any atom is -0.449 e. The van der Waals surface area contributed by atoms with Crippen LogP contribution >= 0.6 is 0 Å². The molecule has 3 aromatic carbocycles. The Morgan fingerprint density at radius 2 is 0.891 bits per heavy atom. The van der Waals surface area contributed by atoms with Crippen LogP contribution in [-0.2, 0) is 42.7 Å². The summed E-state index contributed by atoms with van der Waals surface area (Å²) in [6.07, 6.45) is -0.981. The van der Waals surface area contributed by atoms with Crippen LogP contribution in [0.15, 0.2) is 48.5 Å². The van der Waals surface area contributed by atoms with Crippen molar-refractivity contribution in [1.82, 2.24) is 5.32 Å². The third-order valence-electron chi connectivity index (χ3n) is 7.93. The van der Waals surface area contributed by atoms with Gasteiger partial charge in [0.15, 0.2) is 0 Å². The zero-order valence-corrected chi connectivity index (χ0v) is 30.1. The molecule has 17 heteroatoms. The molecule has 0 bridgehead atoms. The van der Waals surface area contributed by atoms with Crippen molar-refractivity contribution in [3.05, 3.63) is 88.7 Å². The minimum atomic E-state index is -2.35. The lowest BCUT2D eigenvalue weighted by atomic mass is 9.98. The summed E-state index contributed by atoms with van der Waals surface area (Å²) in [6.45, 7) is 4.47. The van der Waals surface area contributed by atoms with E-state index in [2.05, 4.69) is 34.3 Å². The fourth-order valence-electron chi connectivity index (χ4n) is 5.29. The van der Waals surface area contributed by atoms with Gasteiger partial charge in [-0.25, -0.2) is 18.0 Å². The van der Waals surface area contributed by atoms with Crippen LogP contribution in [0.4, 0.5) is 26.7 Å². The Hall–Kier alpha value is -4.23. The van der Waals surface area contributed by atoms with Gasteiger partial charge in [-0.1, -0.05) is 48.5 Å². The quantitative estimate of drug-likeness (QED) is 0.0269. The van der Waals surface area contributed by atoms with Gasteiger partial charge in [0.25, 0.3) is 0 Å². The summed E-state index contributed by atoms with van der Waals surface area (Å²) in [6, 6.07) is 16.3. The number of benzene rings is 3. The molecule has 0 saturated heterocycles. The number of ether oxygens (including phenoxy) is 9. The average Bonchev–Trinajstić information content (AvgIpc) is 3.52. The van der Waals surface area contributed by atoms with E-state index in [1.165, 1.54) is 11.1 Å². The second-order valence-corrected chi connectivity index (χ2v) is 11.7. The molecule has 3 aromatic rings. The number of nitrogens with one attached hydrogen (secondary N) is 1. The van der Waals surface area contributed by atoms with E-state index in [0.717, 1.165) is 11.1 Å². The van der Waals surface area contributed by atoms with Crippen molar-refractivity contribution in [3.8, 4) is 16.9 Å². The molecule has 4 rings (SSSR count). The summed E-state index contributed by atoms with van der Waals surface area (Å²) in [5, 5.41) is 2.71. The third kappa shape index (κ3) is 14.1. The molecule has 0 radical (unpaired) electrons. The molecule has 302 valence electrons.